The van der Waals surface area contributed by atoms with Gasteiger partial charge in [0.25, 0.3) is 0 Å². The zero-order valence-electron chi connectivity index (χ0n) is 9.57. The Balaban J connectivity index is 1.84. The monoisotopic (exact) mass is 280 g/mol. The Labute approximate surface area is 113 Å². The van der Waals surface area contributed by atoms with Crippen molar-refractivity contribution in [2.75, 3.05) is 18.1 Å². The summed E-state index contributed by atoms with van der Waals surface area (Å²) in [6.07, 6.45) is 0.421. The fraction of sp³-hybridized carbons (Fsp3) is 0.333. The van der Waals surface area contributed by atoms with Crippen LogP contribution in [-0.2, 0) is 4.79 Å². The molecule has 0 spiro atoms. The number of amides is 1. The zero-order chi connectivity index (χ0) is 12.5. The van der Waals surface area contributed by atoms with E-state index in [-0.39, 0.29) is 18.4 Å². The topological polar surface area (TPSA) is 53.4 Å². The van der Waals surface area contributed by atoms with Crippen molar-refractivity contribution >= 4 is 33.7 Å². The van der Waals surface area contributed by atoms with Crippen LogP contribution in [0, 0.1) is 5.92 Å². The average Bonchev–Trinajstić information content (AvgIpc) is 3.08. The molecule has 4 nitrogen and oxygen atoms in total. The first-order chi connectivity index (χ1) is 8.78. The molecule has 3 heterocycles. The minimum atomic E-state index is 0.0478. The van der Waals surface area contributed by atoms with E-state index in [4.69, 9.17) is 5.11 Å². The summed E-state index contributed by atoms with van der Waals surface area (Å²) in [5.74, 6) is 0.104. The lowest BCUT2D eigenvalue weighted by Crippen LogP contribution is -2.24. The maximum Gasteiger partial charge on any atom is 0.229 e. The Morgan fingerprint density at radius 2 is 2.39 bits per heavy atom. The van der Waals surface area contributed by atoms with E-state index in [0.717, 1.165) is 15.7 Å². The molecule has 2 aromatic heterocycles. The summed E-state index contributed by atoms with van der Waals surface area (Å²) in [6.45, 7) is 0.637. The Morgan fingerprint density at radius 1 is 1.50 bits per heavy atom. The van der Waals surface area contributed by atoms with Crippen molar-refractivity contribution < 1.29 is 9.90 Å². The van der Waals surface area contributed by atoms with E-state index in [1.165, 1.54) is 11.3 Å². The molecule has 0 radical (unpaired) electrons. The predicted molar refractivity (Wildman–Crippen MR) is 73.0 cm³/mol. The minimum Gasteiger partial charge on any atom is -0.396 e. The number of anilines is 1. The van der Waals surface area contributed by atoms with Crippen molar-refractivity contribution in [3.63, 3.8) is 0 Å². The fourth-order valence-electron chi connectivity index (χ4n) is 2.01. The number of nitrogens with zero attached hydrogens (tertiary/aromatic N) is 2. The van der Waals surface area contributed by atoms with Crippen LogP contribution >= 0.6 is 22.7 Å². The van der Waals surface area contributed by atoms with E-state index >= 15 is 0 Å². The second kappa shape index (κ2) is 4.79. The van der Waals surface area contributed by atoms with Crippen LogP contribution in [0.2, 0.25) is 0 Å². The van der Waals surface area contributed by atoms with Gasteiger partial charge in [0.15, 0.2) is 5.13 Å². The largest absolute Gasteiger partial charge is 0.396 e. The molecule has 94 valence electrons. The van der Waals surface area contributed by atoms with Gasteiger partial charge in [-0.25, -0.2) is 4.98 Å². The lowest BCUT2D eigenvalue weighted by atomic mass is 10.1. The standard InChI is InChI=1S/C12H12N2O2S2/c15-6-8-4-11(16)14(5-8)12-13-9(7-18-12)10-2-1-3-17-10/h1-3,7-8,15H,4-6H2. The van der Waals surface area contributed by atoms with Crippen LogP contribution in [0.5, 0.6) is 0 Å². The van der Waals surface area contributed by atoms with Crippen LogP contribution in [0.4, 0.5) is 5.13 Å². The summed E-state index contributed by atoms with van der Waals surface area (Å²) in [7, 11) is 0. The number of aromatic nitrogens is 1. The number of aliphatic hydroxyl groups excluding tert-OH is 1. The third-order valence-electron chi connectivity index (χ3n) is 2.96. The van der Waals surface area contributed by atoms with Gasteiger partial charge in [-0.2, -0.15) is 0 Å². The fourth-order valence-corrected chi connectivity index (χ4v) is 3.63. The second-order valence-corrected chi connectivity index (χ2v) is 6.03. The van der Waals surface area contributed by atoms with Gasteiger partial charge in [-0.3, -0.25) is 9.69 Å². The van der Waals surface area contributed by atoms with Crippen molar-refractivity contribution in [2.24, 2.45) is 5.92 Å². The number of aliphatic hydroxyl groups is 1. The maximum absolute atomic E-state index is 11.8. The van der Waals surface area contributed by atoms with Crippen molar-refractivity contribution in [3.8, 4) is 10.6 Å². The molecule has 1 atom stereocenters. The number of carbonyl (C=O) groups excluding carboxylic acids is 1. The molecule has 0 aromatic carbocycles. The van der Waals surface area contributed by atoms with E-state index in [1.807, 2.05) is 22.9 Å². The number of carbonyl (C=O) groups is 1. The lowest BCUT2D eigenvalue weighted by Gasteiger charge is -2.11. The first-order valence-electron chi connectivity index (χ1n) is 5.68. The van der Waals surface area contributed by atoms with E-state index in [0.29, 0.717) is 13.0 Å². The van der Waals surface area contributed by atoms with Crippen LogP contribution < -0.4 is 4.90 Å². The number of thiazole rings is 1. The first-order valence-corrected chi connectivity index (χ1v) is 7.44. The molecule has 0 saturated carbocycles. The summed E-state index contributed by atoms with van der Waals surface area (Å²) in [5.41, 5.74) is 0.922. The molecule has 18 heavy (non-hydrogen) atoms. The Morgan fingerprint density at radius 3 is 3.06 bits per heavy atom. The number of rotatable bonds is 3. The van der Waals surface area contributed by atoms with Crippen LogP contribution in [-0.4, -0.2) is 29.1 Å². The van der Waals surface area contributed by atoms with Crippen LogP contribution in [0.25, 0.3) is 10.6 Å². The molecule has 1 N–H and O–H groups in total. The van der Waals surface area contributed by atoms with Gasteiger partial charge in [0, 0.05) is 30.9 Å². The van der Waals surface area contributed by atoms with Crippen LogP contribution in [0.1, 0.15) is 6.42 Å². The molecule has 1 saturated heterocycles. The van der Waals surface area contributed by atoms with Gasteiger partial charge < -0.3 is 5.11 Å². The highest BCUT2D eigenvalue weighted by molar-refractivity contribution is 7.16. The third-order valence-corrected chi connectivity index (χ3v) is 4.72. The van der Waals surface area contributed by atoms with Crippen LogP contribution in [0.15, 0.2) is 22.9 Å². The third kappa shape index (κ3) is 2.07. The van der Waals surface area contributed by atoms with Crippen molar-refractivity contribution in [2.45, 2.75) is 6.42 Å². The molecule has 0 bridgehead atoms. The van der Waals surface area contributed by atoms with Gasteiger partial charge in [0.2, 0.25) is 5.91 Å². The van der Waals surface area contributed by atoms with E-state index in [2.05, 4.69) is 4.98 Å². The molecule has 1 unspecified atom stereocenters. The first kappa shape index (κ1) is 11.8. The van der Waals surface area contributed by atoms with Gasteiger partial charge in [-0.05, 0) is 11.4 Å². The molecule has 1 aliphatic rings. The average molecular weight is 280 g/mol. The summed E-state index contributed by atoms with van der Waals surface area (Å²) < 4.78 is 0. The molecular formula is C12H12N2O2S2. The van der Waals surface area contributed by atoms with Crippen molar-refractivity contribution in [1.29, 1.82) is 0 Å². The summed E-state index contributed by atoms with van der Waals surface area (Å²) in [5, 5.41) is 13.8. The Hall–Kier alpha value is -1.24. The smallest absolute Gasteiger partial charge is 0.229 e. The quantitative estimate of drug-likeness (QED) is 0.938. The summed E-state index contributed by atoms with van der Waals surface area (Å²) >= 11 is 3.12. The number of thiophene rings is 1. The molecular weight excluding hydrogens is 268 g/mol. The summed E-state index contributed by atoms with van der Waals surface area (Å²) in [6, 6.07) is 4.01. The van der Waals surface area contributed by atoms with Gasteiger partial charge in [0.05, 0.1) is 10.6 Å². The Bertz CT molecular complexity index is 550. The molecule has 6 heteroatoms. The highest BCUT2D eigenvalue weighted by Crippen LogP contribution is 2.32. The molecule has 1 amide bonds. The highest BCUT2D eigenvalue weighted by atomic mass is 32.1. The van der Waals surface area contributed by atoms with Gasteiger partial charge >= 0.3 is 0 Å². The van der Waals surface area contributed by atoms with Gasteiger partial charge in [0.1, 0.15) is 0 Å². The lowest BCUT2D eigenvalue weighted by molar-refractivity contribution is -0.117. The molecule has 3 rings (SSSR count). The number of hydrogen-bond donors (Lipinski definition) is 1. The summed E-state index contributed by atoms with van der Waals surface area (Å²) in [4.78, 5) is 19.1. The molecule has 2 aromatic rings. The zero-order valence-corrected chi connectivity index (χ0v) is 11.2. The predicted octanol–water partition coefficient (Wildman–Crippen LogP) is 2.22. The van der Waals surface area contributed by atoms with Gasteiger partial charge in [-0.1, -0.05) is 6.07 Å². The second-order valence-electron chi connectivity index (χ2n) is 4.25. The Kier molecular flexibility index (Phi) is 3.15. The molecule has 1 aliphatic heterocycles. The SMILES string of the molecule is O=C1CC(CO)CN1c1nc(-c2cccs2)cs1. The van der Waals surface area contributed by atoms with Gasteiger partial charge in [-0.15, -0.1) is 22.7 Å². The van der Waals surface area contributed by atoms with E-state index < -0.39 is 0 Å². The molecule has 0 aliphatic carbocycles. The normalized spacial score (nSPS) is 19.7. The van der Waals surface area contributed by atoms with E-state index in [1.54, 1.807) is 16.2 Å². The van der Waals surface area contributed by atoms with E-state index in [9.17, 15) is 4.79 Å². The minimum absolute atomic E-state index is 0.0478. The molecule has 1 fully saturated rings. The maximum atomic E-state index is 11.8. The van der Waals surface area contributed by atoms with Crippen molar-refractivity contribution in [1.82, 2.24) is 4.98 Å². The highest BCUT2D eigenvalue weighted by Gasteiger charge is 2.31. The van der Waals surface area contributed by atoms with Crippen LogP contribution in [0.3, 0.4) is 0 Å². The number of hydrogen-bond acceptors (Lipinski definition) is 5. The van der Waals surface area contributed by atoms with Crippen molar-refractivity contribution in [3.05, 3.63) is 22.9 Å².